The second kappa shape index (κ2) is 4.99. The minimum absolute atomic E-state index is 0.0705. The Labute approximate surface area is 93.9 Å². The Kier molecular flexibility index (Phi) is 3.93. The number of hydrogen-bond acceptors (Lipinski definition) is 2. The summed E-state index contributed by atoms with van der Waals surface area (Å²) in [4.78, 5) is 1.87. The maximum Gasteiger partial charge on any atom is 0.141 e. The van der Waals surface area contributed by atoms with Crippen molar-refractivity contribution in [3.63, 3.8) is 0 Å². The molecule has 0 aliphatic rings. The molecule has 0 aliphatic carbocycles. The molecule has 4 heteroatoms. The van der Waals surface area contributed by atoms with Gasteiger partial charge in [0.25, 0.3) is 0 Å². The number of nitriles is 1. The van der Waals surface area contributed by atoms with Crippen molar-refractivity contribution in [2.75, 3.05) is 18.5 Å². The van der Waals surface area contributed by atoms with E-state index in [-0.39, 0.29) is 10.9 Å². The Hall–Kier alpha value is -1.27. The molecule has 1 aromatic carbocycles. The summed E-state index contributed by atoms with van der Waals surface area (Å²) in [5.74, 6) is -0.499. The lowest BCUT2D eigenvalue weighted by atomic mass is 10.2. The van der Waals surface area contributed by atoms with Gasteiger partial charge in [0.2, 0.25) is 0 Å². The zero-order chi connectivity index (χ0) is 11.4. The molecular weight excluding hydrogens is 215 g/mol. The van der Waals surface area contributed by atoms with Gasteiger partial charge in [-0.15, -0.1) is 0 Å². The molecular formula is C11H12ClFN2. The lowest BCUT2D eigenvalue weighted by molar-refractivity contribution is 0.627. The first-order valence-corrected chi connectivity index (χ1v) is 4.98. The highest BCUT2D eigenvalue weighted by molar-refractivity contribution is 6.31. The molecule has 2 nitrogen and oxygen atoms in total. The fourth-order valence-electron chi connectivity index (χ4n) is 1.28. The molecule has 0 bridgehead atoms. The largest absolute Gasteiger partial charge is 0.373 e. The van der Waals surface area contributed by atoms with Gasteiger partial charge in [0.1, 0.15) is 5.82 Å². The normalized spacial score (nSPS) is 11.9. The molecule has 0 amide bonds. The summed E-state index contributed by atoms with van der Waals surface area (Å²) in [6.07, 6.45) is 0. The lowest BCUT2D eigenvalue weighted by Crippen LogP contribution is -2.23. The summed E-state index contributed by atoms with van der Waals surface area (Å²) in [6.45, 7) is 2.43. The van der Waals surface area contributed by atoms with Gasteiger partial charge in [0.05, 0.1) is 17.0 Å². The molecule has 80 valence electrons. The fraction of sp³-hybridized carbons (Fsp3) is 0.364. The Morgan fingerprint density at radius 3 is 2.80 bits per heavy atom. The van der Waals surface area contributed by atoms with Crippen molar-refractivity contribution in [1.82, 2.24) is 0 Å². The quantitative estimate of drug-likeness (QED) is 0.792. The van der Waals surface area contributed by atoms with Gasteiger partial charge in [-0.2, -0.15) is 5.26 Å². The van der Waals surface area contributed by atoms with E-state index in [1.807, 2.05) is 18.9 Å². The summed E-state index contributed by atoms with van der Waals surface area (Å²) in [6, 6.07) is 6.67. The van der Waals surface area contributed by atoms with Gasteiger partial charge in [-0.1, -0.05) is 11.6 Å². The van der Waals surface area contributed by atoms with Crippen molar-refractivity contribution in [3.05, 3.63) is 29.0 Å². The van der Waals surface area contributed by atoms with Crippen LogP contribution in [0.3, 0.4) is 0 Å². The molecule has 1 atom stereocenters. The lowest BCUT2D eigenvalue weighted by Gasteiger charge is -2.20. The number of hydrogen-bond donors (Lipinski definition) is 0. The SMILES string of the molecule is CC(C#N)CN(C)c1ccc(F)c(Cl)c1. The molecule has 1 rings (SSSR count). The van der Waals surface area contributed by atoms with E-state index in [1.165, 1.54) is 6.07 Å². The van der Waals surface area contributed by atoms with E-state index < -0.39 is 5.82 Å². The van der Waals surface area contributed by atoms with Crippen LogP contribution in [0.25, 0.3) is 0 Å². The third kappa shape index (κ3) is 3.10. The minimum Gasteiger partial charge on any atom is -0.373 e. The Morgan fingerprint density at radius 1 is 1.60 bits per heavy atom. The minimum atomic E-state index is -0.429. The van der Waals surface area contributed by atoms with Gasteiger partial charge in [0, 0.05) is 19.3 Å². The molecule has 1 aromatic rings. The third-order valence-corrected chi connectivity index (χ3v) is 2.40. The van der Waals surface area contributed by atoms with Gasteiger partial charge >= 0.3 is 0 Å². The molecule has 0 saturated heterocycles. The molecule has 0 heterocycles. The smallest absolute Gasteiger partial charge is 0.141 e. The third-order valence-electron chi connectivity index (χ3n) is 2.11. The van der Waals surface area contributed by atoms with Crippen molar-refractivity contribution < 1.29 is 4.39 Å². The van der Waals surface area contributed by atoms with Crippen molar-refractivity contribution in [2.24, 2.45) is 5.92 Å². The van der Waals surface area contributed by atoms with E-state index in [0.29, 0.717) is 6.54 Å². The number of benzene rings is 1. The van der Waals surface area contributed by atoms with Gasteiger partial charge in [-0.3, -0.25) is 0 Å². The van der Waals surface area contributed by atoms with Gasteiger partial charge in [-0.05, 0) is 25.1 Å². The van der Waals surface area contributed by atoms with Crippen molar-refractivity contribution in [1.29, 1.82) is 5.26 Å². The molecule has 0 spiro atoms. The number of anilines is 1. The van der Waals surface area contributed by atoms with E-state index in [1.54, 1.807) is 12.1 Å². The maximum absolute atomic E-state index is 12.9. The number of halogens is 2. The topological polar surface area (TPSA) is 27.0 Å². The van der Waals surface area contributed by atoms with Crippen molar-refractivity contribution in [3.8, 4) is 6.07 Å². The highest BCUT2D eigenvalue weighted by Gasteiger charge is 2.08. The van der Waals surface area contributed by atoms with Crippen molar-refractivity contribution in [2.45, 2.75) is 6.92 Å². The van der Waals surface area contributed by atoms with E-state index >= 15 is 0 Å². The summed E-state index contributed by atoms with van der Waals surface area (Å²) in [5, 5.41) is 8.77. The molecule has 0 radical (unpaired) electrons. The van der Waals surface area contributed by atoms with E-state index in [0.717, 1.165) is 5.69 Å². The van der Waals surface area contributed by atoms with Crippen molar-refractivity contribution >= 4 is 17.3 Å². The first kappa shape index (κ1) is 11.8. The summed E-state index contributed by atoms with van der Waals surface area (Å²) in [7, 11) is 1.84. The summed E-state index contributed by atoms with van der Waals surface area (Å²) in [5.41, 5.74) is 0.809. The molecule has 0 N–H and O–H groups in total. The molecule has 0 saturated carbocycles. The van der Waals surface area contributed by atoms with Crippen LogP contribution in [0.1, 0.15) is 6.92 Å². The van der Waals surface area contributed by atoms with Crippen LogP contribution < -0.4 is 4.90 Å². The second-order valence-corrected chi connectivity index (χ2v) is 3.92. The summed E-state index contributed by atoms with van der Waals surface area (Å²) < 4.78 is 12.9. The summed E-state index contributed by atoms with van der Waals surface area (Å²) >= 11 is 5.66. The highest BCUT2D eigenvalue weighted by atomic mass is 35.5. The van der Waals surface area contributed by atoms with E-state index in [2.05, 4.69) is 6.07 Å². The van der Waals surface area contributed by atoms with Crippen LogP contribution in [0.15, 0.2) is 18.2 Å². The van der Waals surface area contributed by atoms with Crippen LogP contribution >= 0.6 is 11.6 Å². The Morgan fingerprint density at radius 2 is 2.27 bits per heavy atom. The predicted octanol–water partition coefficient (Wildman–Crippen LogP) is 3.07. The van der Waals surface area contributed by atoms with Crippen LogP contribution in [0.2, 0.25) is 5.02 Å². The molecule has 0 aromatic heterocycles. The molecule has 0 fully saturated rings. The standard InChI is InChI=1S/C11H12ClFN2/c1-8(6-14)7-15(2)9-3-4-11(13)10(12)5-9/h3-5,8H,7H2,1-2H3. The van der Waals surface area contributed by atoms with Gasteiger partial charge < -0.3 is 4.90 Å². The van der Waals surface area contributed by atoms with Crippen LogP contribution in [0.4, 0.5) is 10.1 Å². The van der Waals surface area contributed by atoms with Gasteiger partial charge in [0.15, 0.2) is 0 Å². The van der Waals surface area contributed by atoms with Crippen LogP contribution in [0.5, 0.6) is 0 Å². The van der Waals surface area contributed by atoms with E-state index in [4.69, 9.17) is 16.9 Å². The average Bonchev–Trinajstić information content (AvgIpc) is 2.21. The molecule has 1 unspecified atom stereocenters. The first-order chi connectivity index (χ1) is 7.04. The van der Waals surface area contributed by atoms with E-state index in [9.17, 15) is 4.39 Å². The van der Waals surface area contributed by atoms with Crippen LogP contribution in [-0.4, -0.2) is 13.6 Å². The predicted molar refractivity (Wildman–Crippen MR) is 59.5 cm³/mol. The monoisotopic (exact) mass is 226 g/mol. The molecule has 15 heavy (non-hydrogen) atoms. The average molecular weight is 227 g/mol. The number of rotatable bonds is 3. The number of nitrogens with zero attached hydrogens (tertiary/aromatic N) is 2. The Bertz CT molecular complexity index is 387. The Balaban J connectivity index is 2.79. The van der Waals surface area contributed by atoms with Gasteiger partial charge in [-0.25, -0.2) is 4.39 Å². The zero-order valence-electron chi connectivity index (χ0n) is 8.67. The second-order valence-electron chi connectivity index (χ2n) is 3.51. The first-order valence-electron chi connectivity index (χ1n) is 4.60. The van der Waals surface area contributed by atoms with Crippen LogP contribution in [0, 0.1) is 23.1 Å². The van der Waals surface area contributed by atoms with Crippen LogP contribution in [-0.2, 0) is 0 Å². The highest BCUT2D eigenvalue weighted by Crippen LogP contribution is 2.22. The fourth-order valence-corrected chi connectivity index (χ4v) is 1.45. The maximum atomic E-state index is 12.9. The zero-order valence-corrected chi connectivity index (χ0v) is 9.42. The molecule has 0 aliphatic heterocycles.